The first-order valence-electron chi connectivity index (χ1n) is 9.46. The summed E-state index contributed by atoms with van der Waals surface area (Å²) in [5.74, 6) is 7.65. The highest BCUT2D eigenvalue weighted by Gasteiger charge is 2.28. The van der Waals surface area contributed by atoms with E-state index in [1.54, 1.807) is 7.11 Å². The third-order valence-electron chi connectivity index (χ3n) is 5.13. The number of nitrogen functional groups attached to an aromatic ring is 1. The molecule has 0 bridgehead atoms. The Morgan fingerprint density at radius 1 is 1.21 bits per heavy atom. The number of carbonyl (C=O) groups is 1. The summed E-state index contributed by atoms with van der Waals surface area (Å²) in [7, 11) is 1.60. The largest absolute Gasteiger partial charge is 0.496 e. The minimum atomic E-state index is 0.0384. The molecule has 0 saturated carbocycles. The van der Waals surface area contributed by atoms with Gasteiger partial charge in [-0.3, -0.25) is 4.79 Å². The number of nitrogens with two attached hydrogens (primary N) is 1. The maximum atomic E-state index is 13.0. The second-order valence-electron chi connectivity index (χ2n) is 6.95. The standard InChI is InChI=1S/C21H23N5O2S/c1-14-11-12-15-7-3-5-9-17(15)25(14)19(27)13-29-21-24-23-20(26(21)22)16-8-4-6-10-18(16)28-2/h3-10,14H,11-13,22H2,1-2H3. The van der Waals surface area contributed by atoms with Crippen molar-refractivity contribution in [3.8, 4) is 17.1 Å². The van der Waals surface area contributed by atoms with E-state index in [0.29, 0.717) is 16.7 Å². The molecule has 7 nitrogen and oxygen atoms in total. The van der Waals surface area contributed by atoms with Gasteiger partial charge in [-0.05, 0) is 43.5 Å². The maximum Gasteiger partial charge on any atom is 0.237 e. The summed E-state index contributed by atoms with van der Waals surface area (Å²) in [5, 5.41) is 8.85. The van der Waals surface area contributed by atoms with Crippen molar-refractivity contribution >= 4 is 23.4 Å². The van der Waals surface area contributed by atoms with Crippen LogP contribution in [0, 0.1) is 0 Å². The Kier molecular flexibility index (Phi) is 5.44. The van der Waals surface area contributed by atoms with Crippen LogP contribution in [0.3, 0.4) is 0 Å². The monoisotopic (exact) mass is 409 g/mol. The number of anilines is 1. The quantitative estimate of drug-likeness (QED) is 0.515. The van der Waals surface area contributed by atoms with E-state index >= 15 is 0 Å². The van der Waals surface area contributed by atoms with Crippen molar-refractivity contribution in [2.45, 2.75) is 31.0 Å². The van der Waals surface area contributed by atoms with Crippen LogP contribution in [-0.4, -0.2) is 39.7 Å². The second kappa shape index (κ2) is 8.16. The highest BCUT2D eigenvalue weighted by Crippen LogP contribution is 2.32. The number of carbonyl (C=O) groups excluding carboxylic acids is 1. The fraction of sp³-hybridized carbons (Fsp3) is 0.286. The van der Waals surface area contributed by atoms with Crippen LogP contribution in [0.25, 0.3) is 11.4 Å². The van der Waals surface area contributed by atoms with Gasteiger partial charge in [0.2, 0.25) is 11.1 Å². The van der Waals surface area contributed by atoms with Gasteiger partial charge in [-0.15, -0.1) is 10.2 Å². The van der Waals surface area contributed by atoms with E-state index < -0.39 is 0 Å². The fourth-order valence-electron chi connectivity index (χ4n) is 3.65. The summed E-state index contributed by atoms with van der Waals surface area (Å²) in [4.78, 5) is 14.9. The molecule has 1 atom stereocenters. The number of aryl methyl sites for hydroxylation is 1. The fourth-order valence-corrected chi connectivity index (χ4v) is 4.37. The molecule has 0 aliphatic carbocycles. The van der Waals surface area contributed by atoms with Gasteiger partial charge in [0.1, 0.15) is 5.75 Å². The Labute approximate surface area is 173 Å². The van der Waals surface area contributed by atoms with Gasteiger partial charge in [0.05, 0.1) is 18.4 Å². The summed E-state index contributed by atoms with van der Waals surface area (Å²) >= 11 is 1.29. The SMILES string of the molecule is COc1ccccc1-c1nnc(SCC(=O)N2c3ccccc3CCC2C)n1N. The van der Waals surface area contributed by atoms with Crippen LogP contribution < -0.4 is 15.5 Å². The van der Waals surface area contributed by atoms with Crippen molar-refractivity contribution in [3.05, 3.63) is 54.1 Å². The first-order chi connectivity index (χ1) is 14.1. The molecule has 1 amide bonds. The number of methoxy groups -OCH3 is 1. The van der Waals surface area contributed by atoms with Crippen LogP contribution in [0.1, 0.15) is 18.9 Å². The van der Waals surface area contributed by atoms with Gasteiger partial charge >= 0.3 is 0 Å². The molecule has 2 aromatic carbocycles. The molecule has 3 aromatic rings. The summed E-state index contributed by atoms with van der Waals surface area (Å²) in [6, 6.07) is 15.7. The lowest BCUT2D eigenvalue weighted by molar-refractivity contribution is -0.116. The molecule has 0 radical (unpaired) electrons. The number of benzene rings is 2. The average molecular weight is 410 g/mol. The molecule has 2 N–H and O–H groups in total. The number of aromatic nitrogens is 3. The zero-order valence-corrected chi connectivity index (χ0v) is 17.2. The number of thioether (sulfide) groups is 1. The lowest BCUT2D eigenvalue weighted by Gasteiger charge is -2.35. The summed E-state index contributed by atoms with van der Waals surface area (Å²) in [6.45, 7) is 2.09. The van der Waals surface area contributed by atoms with Crippen LogP contribution in [-0.2, 0) is 11.2 Å². The van der Waals surface area contributed by atoms with Crippen molar-refractivity contribution in [2.24, 2.45) is 0 Å². The highest BCUT2D eigenvalue weighted by atomic mass is 32.2. The van der Waals surface area contributed by atoms with E-state index in [2.05, 4.69) is 23.2 Å². The number of hydrogen-bond acceptors (Lipinski definition) is 6. The van der Waals surface area contributed by atoms with Crippen molar-refractivity contribution in [2.75, 3.05) is 23.6 Å². The maximum absolute atomic E-state index is 13.0. The lowest BCUT2D eigenvalue weighted by atomic mass is 9.97. The number of ether oxygens (including phenoxy) is 1. The van der Waals surface area contributed by atoms with E-state index in [1.807, 2.05) is 47.4 Å². The predicted octanol–water partition coefficient (Wildman–Crippen LogP) is 3.13. The van der Waals surface area contributed by atoms with Crippen molar-refractivity contribution in [1.82, 2.24) is 14.9 Å². The topological polar surface area (TPSA) is 86.3 Å². The van der Waals surface area contributed by atoms with E-state index in [4.69, 9.17) is 10.6 Å². The summed E-state index contributed by atoms with van der Waals surface area (Å²) in [5.41, 5.74) is 2.96. The third-order valence-corrected chi connectivity index (χ3v) is 6.06. The molecular formula is C21H23N5O2S. The number of hydrogen-bond donors (Lipinski definition) is 1. The first-order valence-corrected chi connectivity index (χ1v) is 10.5. The molecule has 1 aromatic heterocycles. The Morgan fingerprint density at radius 3 is 2.79 bits per heavy atom. The summed E-state index contributed by atoms with van der Waals surface area (Å²) < 4.78 is 6.79. The van der Waals surface area contributed by atoms with Crippen LogP contribution in [0.15, 0.2) is 53.7 Å². The van der Waals surface area contributed by atoms with Crippen LogP contribution >= 0.6 is 11.8 Å². The highest BCUT2D eigenvalue weighted by molar-refractivity contribution is 7.99. The molecule has 1 unspecified atom stereocenters. The Balaban J connectivity index is 1.52. The number of para-hydroxylation sites is 2. The van der Waals surface area contributed by atoms with Crippen LogP contribution in [0.2, 0.25) is 0 Å². The molecule has 0 spiro atoms. The van der Waals surface area contributed by atoms with Crippen molar-refractivity contribution < 1.29 is 9.53 Å². The van der Waals surface area contributed by atoms with Crippen LogP contribution in [0.4, 0.5) is 5.69 Å². The summed E-state index contributed by atoms with van der Waals surface area (Å²) in [6.07, 6.45) is 1.95. The Hall–Kier alpha value is -3.00. The first kappa shape index (κ1) is 19.3. The van der Waals surface area contributed by atoms with Crippen molar-refractivity contribution in [1.29, 1.82) is 0 Å². The molecule has 2 heterocycles. The normalized spacial score (nSPS) is 15.8. The molecule has 0 fully saturated rings. The number of amides is 1. The van der Waals surface area contributed by atoms with E-state index in [-0.39, 0.29) is 17.7 Å². The van der Waals surface area contributed by atoms with Gasteiger partial charge in [0.15, 0.2) is 5.82 Å². The Morgan fingerprint density at radius 2 is 1.97 bits per heavy atom. The molecule has 150 valence electrons. The van der Waals surface area contributed by atoms with Gasteiger partial charge in [-0.2, -0.15) is 0 Å². The van der Waals surface area contributed by atoms with Gasteiger partial charge in [0, 0.05) is 11.7 Å². The zero-order chi connectivity index (χ0) is 20.4. The molecular weight excluding hydrogens is 386 g/mol. The minimum Gasteiger partial charge on any atom is -0.496 e. The van der Waals surface area contributed by atoms with E-state index in [0.717, 1.165) is 24.1 Å². The molecule has 8 heteroatoms. The van der Waals surface area contributed by atoms with Gasteiger partial charge < -0.3 is 15.5 Å². The predicted molar refractivity (Wildman–Crippen MR) is 115 cm³/mol. The number of fused-ring (bicyclic) bond motifs is 1. The van der Waals surface area contributed by atoms with E-state index in [1.165, 1.54) is 22.0 Å². The van der Waals surface area contributed by atoms with Gasteiger partial charge in [0.25, 0.3) is 0 Å². The zero-order valence-electron chi connectivity index (χ0n) is 16.4. The van der Waals surface area contributed by atoms with Crippen LogP contribution in [0.5, 0.6) is 5.75 Å². The van der Waals surface area contributed by atoms with Gasteiger partial charge in [-0.25, -0.2) is 4.68 Å². The lowest BCUT2D eigenvalue weighted by Crippen LogP contribution is -2.43. The number of rotatable bonds is 5. The molecule has 29 heavy (non-hydrogen) atoms. The second-order valence-corrected chi connectivity index (χ2v) is 7.89. The molecule has 1 aliphatic rings. The number of nitrogens with zero attached hydrogens (tertiary/aromatic N) is 4. The average Bonchev–Trinajstić information content (AvgIpc) is 3.12. The smallest absolute Gasteiger partial charge is 0.237 e. The third kappa shape index (κ3) is 3.67. The van der Waals surface area contributed by atoms with Crippen molar-refractivity contribution in [3.63, 3.8) is 0 Å². The van der Waals surface area contributed by atoms with E-state index in [9.17, 15) is 4.79 Å². The Bertz CT molecular complexity index is 1040. The van der Waals surface area contributed by atoms with Gasteiger partial charge in [-0.1, -0.05) is 42.1 Å². The molecule has 1 aliphatic heterocycles. The molecule has 4 rings (SSSR count). The minimum absolute atomic E-state index is 0.0384. The molecule has 0 saturated heterocycles.